The molecule has 6 heteroatoms. The first-order chi connectivity index (χ1) is 8.94. The number of nitrogens with zero attached hydrogens (tertiary/aromatic N) is 2. The normalized spacial score (nSPS) is 17.7. The van der Waals surface area contributed by atoms with Crippen LogP contribution >= 0.6 is 15.9 Å². The summed E-state index contributed by atoms with van der Waals surface area (Å²) in [4.78, 5) is 2.25. The maximum atomic E-state index is 11.8. The predicted octanol–water partition coefficient (Wildman–Crippen LogP) is 2.23. The Morgan fingerprint density at radius 1 is 1.21 bits per heavy atom. The number of halogens is 1. The lowest BCUT2D eigenvalue weighted by molar-refractivity contribution is 0.385. The van der Waals surface area contributed by atoms with Crippen molar-refractivity contribution >= 4 is 31.6 Å². The van der Waals surface area contributed by atoms with Crippen molar-refractivity contribution in [2.75, 3.05) is 36.8 Å². The van der Waals surface area contributed by atoms with Crippen LogP contribution in [0.25, 0.3) is 0 Å². The number of rotatable bonds is 3. The van der Waals surface area contributed by atoms with Crippen molar-refractivity contribution in [2.24, 2.45) is 0 Å². The maximum absolute atomic E-state index is 11.8. The third-order valence-electron chi connectivity index (χ3n) is 3.50. The largest absolute Gasteiger partial charge is 0.369 e. The highest BCUT2D eigenvalue weighted by molar-refractivity contribution is 9.10. The van der Waals surface area contributed by atoms with Crippen molar-refractivity contribution in [3.63, 3.8) is 0 Å². The van der Waals surface area contributed by atoms with Gasteiger partial charge in [0.2, 0.25) is 10.0 Å². The number of piperazine rings is 1. The second-order valence-electron chi connectivity index (χ2n) is 4.72. The summed E-state index contributed by atoms with van der Waals surface area (Å²) >= 11 is 3.46. The van der Waals surface area contributed by atoms with E-state index < -0.39 is 10.0 Å². The molecule has 1 aliphatic rings. The van der Waals surface area contributed by atoms with Crippen LogP contribution < -0.4 is 4.90 Å². The molecule has 0 bridgehead atoms. The molecule has 106 valence electrons. The van der Waals surface area contributed by atoms with E-state index in [1.165, 1.54) is 11.3 Å². The van der Waals surface area contributed by atoms with Crippen molar-refractivity contribution in [3.8, 4) is 0 Å². The van der Waals surface area contributed by atoms with Crippen LogP contribution in [0.5, 0.6) is 0 Å². The SMILES string of the molecule is CCS(=O)(=O)N1CCN(c2ccc(Br)cc2C)CC1. The lowest BCUT2D eigenvalue weighted by atomic mass is 10.1. The first-order valence-corrected chi connectivity index (χ1v) is 8.83. The van der Waals surface area contributed by atoms with Crippen LogP contribution in [0.15, 0.2) is 22.7 Å². The molecule has 2 rings (SSSR count). The zero-order valence-corrected chi connectivity index (χ0v) is 13.7. The molecule has 19 heavy (non-hydrogen) atoms. The van der Waals surface area contributed by atoms with Gasteiger partial charge in [-0.25, -0.2) is 8.42 Å². The van der Waals surface area contributed by atoms with Gasteiger partial charge >= 0.3 is 0 Å². The summed E-state index contributed by atoms with van der Waals surface area (Å²) in [7, 11) is -3.04. The molecular weight excluding hydrogens is 328 g/mol. The minimum Gasteiger partial charge on any atom is -0.369 e. The number of benzene rings is 1. The van der Waals surface area contributed by atoms with Crippen LogP contribution in [0.2, 0.25) is 0 Å². The van der Waals surface area contributed by atoms with Crippen LogP contribution in [0.4, 0.5) is 5.69 Å². The highest BCUT2D eigenvalue weighted by Crippen LogP contribution is 2.25. The highest BCUT2D eigenvalue weighted by atomic mass is 79.9. The van der Waals surface area contributed by atoms with E-state index in [2.05, 4.69) is 39.9 Å². The quantitative estimate of drug-likeness (QED) is 0.842. The minimum absolute atomic E-state index is 0.185. The van der Waals surface area contributed by atoms with Crippen LogP contribution in [-0.4, -0.2) is 44.7 Å². The molecule has 0 spiro atoms. The Morgan fingerprint density at radius 3 is 2.37 bits per heavy atom. The Labute approximate surface area is 123 Å². The van der Waals surface area contributed by atoms with Crippen LogP contribution in [0, 0.1) is 6.92 Å². The Balaban J connectivity index is 2.08. The number of hydrogen-bond acceptors (Lipinski definition) is 3. The summed E-state index contributed by atoms with van der Waals surface area (Å²) in [6.07, 6.45) is 0. The first kappa shape index (κ1) is 14.8. The lowest BCUT2D eigenvalue weighted by Gasteiger charge is -2.36. The Bertz CT molecular complexity index is 552. The standard InChI is InChI=1S/C13H19BrN2O2S/c1-3-19(17,18)16-8-6-15(7-9-16)13-5-4-12(14)10-11(13)2/h4-5,10H,3,6-9H2,1-2H3. The smallest absolute Gasteiger partial charge is 0.213 e. The van der Waals surface area contributed by atoms with Crippen molar-refractivity contribution in [1.29, 1.82) is 0 Å². The van der Waals surface area contributed by atoms with E-state index in [4.69, 9.17) is 0 Å². The topological polar surface area (TPSA) is 40.6 Å². The Kier molecular flexibility index (Phi) is 4.53. The maximum Gasteiger partial charge on any atom is 0.213 e. The molecule has 0 N–H and O–H groups in total. The fraction of sp³-hybridized carbons (Fsp3) is 0.538. The molecule has 1 aromatic carbocycles. The number of anilines is 1. The van der Waals surface area contributed by atoms with Gasteiger partial charge in [-0.05, 0) is 37.6 Å². The summed E-state index contributed by atoms with van der Waals surface area (Å²) in [5.41, 5.74) is 2.40. The van der Waals surface area contributed by atoms with Crippen LogP contribution in [-0.2, 0) is 10.0 Å². The third-order valence-corrected chi connectivity index (χ3v) is 5.87. The number of hydrogen-bond donors (Lipinski definition) is 0. The molecule has 0 aliphatic carbocycles. The first-order valence-electron chi connectivity index (χ1n) is 6.43. The van der Waals surface area contributed by atoms with Gasteiger partial charge in [0.05, 0.1) is 5.75 Å². The molecule has 1 aromatic rings. The van der Waals surface area contributed by atoms with E-state index in [9.17, 15) is 8.42 Å². The second kappa shape index (κ2) is 5.81. The minimum atomic E-state index is -3.04. The van der Waals surface area contributed by atoms with E-state index in [1.807, 2.05) is 6.07 Å². The van der Waals surface area contributed by atoms with E-state index in [0.29, 0.717) is 13.1 Å². The molecular formula is C13H19BrN2O2S. The zero-order chi connectivity index (χ0) is 14.0. The van der Waals surface area contributed by atoms with Crippen molar-refractivity contribution in [3.05, 3.63) is 28.2 Å². The Hall–Kier alpha value is -0.590. The van der Waals surface area contributed by atoms with Crippen LogP contribution in [0.3, 0.4) is 0 Å². The van der Waals surface area contributed by atoms with Gasteiger partial charge in [0.25, 0.3) is 0 Å². The Morgan fingerprint density at radius 2 is 1.84 bits per heavy atom. The van der Waals surface area contributed by atoms with Gasteiger partial charge in [0, 0.05) is 36.3 Å². The van der Waals surface area contributed by atoms with Crippen molar-refractivity contribution in [1.82, 2.24) is 4.31 Å². The molecule has 0 atom stereocenters. The summed E-state index contributed by atoms with van der Waals surface area (Å²) in [6, 6.07) is 6.20. The van der Waals surface area contributed by atoms with Crippen molar-refractivity contribution in [2.45, 2.75) is 13.8 Å². The van der Waals surface area contributed by atoms with Gasteiger partial charge in [0.1, 0.15) is 0 Å². The monoisotopic (exact) mass is 346 g/mol. The van der Waals surface area contributed by atoms with Crippen molar-refractivity contribution < 1.29 is 8.42 Å². The molecule has 0 saturated carbocycles. The average Bonchev–Trinajstić information content (AvgIpc) is 2.39. The molecule has 0 radical (unpaired) electrons. The van der Waals surface area contributed by atoms with Gasteiger partial charge in [0.15, 0.2) is 0 Å². The van der Waals surface area contributed by atoms with Gasteiger partial charge in [-0.3, -0.25) is 0 Å². The van der Waals surface area contributed by atoms with Gasteiger partial charge in [-0.2, -0.15) is 4.31 Å². The third kappa shape index (κ3) is 3.30. The van der Waals surface area contributed by atoms with E-state index in [-0.39, 0.29) is 5.75 Å². The zero-order valence-electron chi connectivity index (χ0n) is 11.3. The van der Waals surface area contributed by atoms with Gasteiger partial charge in [-0.1, -0.05) is 15.9 Å². The molecule has 1 aliphatic heterocycles. The summed E-state index contributed by atoms with van der Waals surface area (Å²) in [5, 5.41) is 0. The molecule has 4 nitrogen and oxygen atoms in total. The molecule has 1 saturated heterocycles. The van der Waals surface area contributed by atoms with Gasteiger partial charge < -0.3 is 4.90 Å². The molecule has 0 unspecified atom stereocenters. The molecule has 1 fully saturated rings. The van der Waals surface area contributed by atoms with E-state index in [0.717, 1.165) is 17.6 Å². The highest BCUT2D eigenvalue weighted by Gasteiger charge is 2.25. The number of aryl methyl sites for hydroxylation is 1. The summed E-state index contributed by atoms with van der Waals surface area (Å²) in [5.74, 6) is 0.185. The fourth-order valence-electron chi connectivity index (χ4n) is 2.36. The van der Waals surface area contributed by atoms with Gasteiger partial charge in [-0.15, -0.1) is 0 Å². The fourth-order valence-corrected chi connectivity index (χ4v) is 3.92. The predicted molar refractivity (Wildman–Crippen MR) is 82.1 cm³/mol. The van der Waals surface area contributed by atoms with E-state index in [1.54, 1.807) is 11.2 Å². The van der Waals surface area contributed by atoms with E-state index >= 15 is 0 Å². The molecule has 0 amide bonds. The second-order valence-corrected chi connectivity index (χ2v) is 7.89. The molecule has 0 aromatic heterocycles. The average molecular weight is 347 g/mol. The summed E-state index contributed by atoms with van der Waals surface area (Å²) in [6.45, 7) is 6.43. The number of sulfonamides is 1. The summed E-state index contributed by atoms with van der Waals surface area (Å²) < 4.78 is 26.3. The molecule has 1 heterocycles. The van der Waals surface area contributed by atoms with Crippen LogP contribution in [0.1, 0.15) is 12.5 Å². The lowest BCUT2D eigenvalue weighted by Crippen LogP contribution is -2.49.